The van der Waals surface area contributed by atoms with Gasteiger partial charge in [-0.1, -0.05) is 42.5 Å². The second-order valence-corrected chi connectivity index (χ2v) is 8.23. The van der Waals surface area contributed by atoms with Crippen LogP contribution in [0.15, 0.2) is 65.8 Å². The Morgan fingerprint density at radius 2 is 1.84 bits per heavy atom. The molecular weight excluding hydrogens is 334 g/mol. The van der Waals surface area contributed by atoms with Crippen molar-refractivity contribution < 1.29 is 8.42 Å². The first-order valence-corrected chi connectivity index (χ1v) is 9.69. The number of benzene rings is 2. The van der Waals surface area contributed by atoms with E-state index in [4.69, 9.17) is 5.73 Å². The number of hydrogen-bond acceptors (Lipinski definition) is 4. The normalized spacial score (nSPS) is 18.7. The van der Waals surface area contributed by atoms with Gasteiger partial charge in [-0.3, -0.25) is 4.98 Å². The highest BCUT2D eigenvalue weighted by Gasteiger charge is 2.32. The molecule has 2 N–H and O–H groups in total. The Hall–Kier alpha value is -2.28. The molecule has 1 atom stereocenters. The van der Waals surface area contributed by atoms with Crippen LogP contribution in [0.4, 0.5) is 0 Å². The number of pyridine rings is 1. The summed E-state index contributed by atoms with van der Waals surface area (Å²) >= 11 is 0. The lowest BCUT2D eigenvalue weighted by molar-refractivity contribution is 0.473. The van der Waals surface area contributed by atoms with Crippen molar-refractivity contribution in [3.8, 4) is 11.1 Å². The fourth-order valence-corrected chi connectivity index (χ4v) is 5.11. The first-order valence-electron chi connectivity index (χ1n) is 8.25. The second kappa shape index (κ2) is 6.22. The van der Waals surface area contributed by atoms with Gasteiger partial charge in [-0.25, -0.2) is 8.42 Å². The molecule has 1 aromatic heterocycles. The predicted octanol–water partition coefficient (Wildman–Crippen LogP) is 2.62. The van der Waals surface area contributed by atoms with Crippen molar-refractivity contribution in [2.24, 2.45) is 5.73 Å². The number of sulfonamides is 1. The number of aromatic nitrogens is 1. The van der Waals surface area contributed by atoms with E-state index >= 15 is 0 Å². The third kappa shape index (κ3) is 2.82. The number of rotatable bonds is 3. The number of hydrogen-bond donors (Lipinski definition) is 1. The van der Waals surface area contributed by atoms with Crippen LogP contribution in [0.1, 0.15) is 6.42 Å². The molecule has 5 nitrogen and oxygen atoms in total. The highest BCUT2D eigenvalue weighted by atomic mass is 32.2. The number of nitrogens with two attached hydrogens (primary N) is 1. The maximum absolute atomic E-state index is 13.2. The van der Waals surface area contributed by atoms with Gasteiger partial charge in [0.2, 0.25) is 10.0 Å². The van der Waals surface area contributed by atoms with Crippen LogP contribution in [0.5, 0.6) is 0 Å². The van der Waals surface area contributed by atoms with Crippen LogP contribution in [0, 0.1) is 0 Å². The van der Waals surface area contributed by atoms with Crippen molar-refractivity contribution in [3.05, 3.63) is 60.9 Å². The average Bonchev–Trinajstić information content (AvgIpc) is 3.08. The van der Waals surface area contributed by atoms with Crippen molar-refractivity contribution in [2.45, 2.75) is 17.4 Å². The van der Waals surface area contributed by atoms with E-state index in [1.165, 1.54) is 4.31 Å². The van der Waals surface area contributed by atoms with Gasteiger partial charge in [0, 0.05) is 47.9 Å². The summed E-state index contributed by atoms with van der Waals surface area (Å²) < 4.78 is 27.9. The molecule has 2 heterocycles. The molecule has 1 fully saturated rings. The minimum Gasteiger partial charge on any atom is -0.326 e. The molecule has 1 saturated heterocycles. The molecule has 4 rings (SSSR count). The maximum Gasteiger partial charge on any atom is 0.243 e. The highest BCUT2D eigenvalue weighted by molar-refractivity contribution is 7.89. The van der Waals surface area contributed by atoms with Gasteiger partial charge < -0.3 is 5.73 Å². The first-order chi connectivity index (χ1) is 12.1. The van der Waals surface area contributed by atoms with Gasteiger partial charge in [0.25, 0.3) is 0 Å². The smallest absolute Gasteiger partial charge is 0.243 e. The second-order valence-electron chi connectivity index (χ2n) is 6.32. The van der Waals surface area contributed by atoms with Gasteiger partial charge in [0.1, 0.15) is 0 Å². The zero-order valence-electron chi connectivity index (χ0n) is 13.7. The zero-order valence-corrected chi connectivity index (χ0v) is 14.5. The van der Waals surface area contributed by atoms with Crippen molar-refractivity contribution in [1.82, 2.24) is 9.29 Å². The lowest BCUT2D eigenvalue weighted by Crippen LogP contribution is -2.32. The molecule has 6 heteroatoms. The van der Waals surface area contributed by atoms with Gasteiger partial charge in [0.05, 0.1) is 4.90 Å². The van der Waals surface area contributed by atoms with Crippen LogP contribution in [-0.4, -0.2) is 36.8 Å². The summed E-state index contributed by atoms with van der Waals surface area (Å²) in [7, 11) is -3.60. The summed E-state index contributed by atoms with van der Waals surface area (Å²) in [6.07, 6.45) is 4.13. The van der Waals surface area contributed by atoms with Crippen LogP contribution in [0.2, 0.25) is 0 Å². The molecule has 0 spiro atoms. The topological polar surface area (TPSA) is 76.3 Å². The Bertz CT molecular complexity index is 1010. The van der Waals surface area contributed by atoms with Gasteiger partial charge in [0.15, 0.2) is 0 Å². The van der Waals surface area contributed by atoms with Crippen LogP contribution in [-0.2, 0) is 10.0 Å². The van der Waals surface area contributed by atoms with Crippen molar-refractivity contribution in [2.75, 3.05) is 13.1 Å². The van der Waals surface area contributed by atoms with Gasteiger partial charge in [-0.15, -0.1) is 0 Å². The van der Waals surface area contributed by atoms with Crippen molar-refractivity contribution in [1.29, 1.82) is 0 Å². The fraction of sp³-hybridized carbons (Fsp3) is 0.211. The van der Waals surface area contributed by atoms with Crippen LogP contribution < -0.4 is 5.73 Å². The SMILES string of the molecule is N[C@@H]1CCN(S(=O)(=O)c2cccc3cncc(-c4ccccc4)c23)C1. The van der Waals surface area contributed by atoms with E-state index in [9.17, 15) is 8.42 Å². The molecule has 0 unspecified atom stereocenters. The summed E-state index contributed by atoms with van der Waals surface area (Å²) in [5.41, 5.74) is 7.68. The molecule has 128 valence electrons. The van der Waals surface area contributed by atoms with E-state index in [0.717, 1.165) is 16.5 Å². The summed E-state index contributed by atoms with van der Waals surface area (Å²) in [5.74, 6) is 0. The third-order valence-electron chi connectivity index (χ3n) is 4.64. The summed E-state index contributed by atoms with van der Waals surface area (Å²) in [6.45, 7) is 0.829. The van der Waals surface area contributed by atoms with Crippen LogP contribution >= 0.6 is 0 Å². The minimum atomic E-state index is -3.60. The van der Waals surface area contributed by atoms with Gasteiger partial charge in [-0.2, -0.15) is 4.31 Å². The number of nitrogens with zero attached hydrogens (tertiary/aromatic N) is 2. The van der Waals surface area contributed by atoms with E-state index in [1.54, 1.807) is 24.5 Å². The Morgan fingerprint density at radius 3 is 2.56 bits per heavy atom. The molecule has 0 bridgehead atoms. The standard InChI is InChI=1S/C19H19N3O2S/c20-16-9-10-22(13-16)25(23,24)18-8-4-7-15-11-21-12-17(19(15)18)14-5-2-1-3-6-14/h1-8,11-12,16H,9-10,13,20H2/t16-/m1/s1. The molecule has 3 aromatic rings. The van der Waals surface area contributed by atoms with Crippen molar-refractivity contribution >= 4 is 20.8 Å². The van der Waals surface area contributed by atoms with E-state index < -0.39 is 10.0 Å². The quantitative estimate of drug-likeness (QED) is 0.785. The Labute approximate surface area is 147 Å². The van der Waals surface area contributed by atoms with E-state index in [-0.39, 0.29) is 6.04 Å². The van der Waals surface area contributed by atoms with Crippen molar-refractivity contribution in [3.63, 3.8) is 0 Å². The largest absolute Gasteiger partial charge is 0.326 e. The minimum absolute atomic E-state index is 0.0972. The van der Waals surface area contributed by atoms with E-state index in [0.29, 0.717) is 29.8 Å². The molecule has 0 radical (unpaired) electrons. The molecule has 0 saturated carbocycles. The highest BCUT2D eigenvalue weighted by Crippen LogP contribution is 2.34. The molecular formula is C19H19N3O2S. The predicted molar refractivity (Wildman–Crippen MR) is 98.5 cm³/mol. The zero-order chi connectivity index (χ0) is 17.4. The summed E-state index contributed by atoms with van der Waals surface area (Å²) in [5, 5.41) is 1.52. The third-order valence-corrected chi connectivity index (χ3v) is 6.54. The Kier molecular flexibility index (Phi) is 4.03. The summed E-state index contributed by atoms with van der Waals surface area (Å²) in [6, 6.07) is 15.0. The Balaban J connectivity index is 1.96. The van der Waals surface area contributed by atoms with E-state index in [2.05, 4.69) is 4.98 Å². The van der Waals surface area contributed by atoms with Crippen LogP contribution in [0.25, 0.3) is 21.9 Å². The molecule has 25 heavy (non-hydrogen) atoms. The first kappa shape index (κ1) is 16.2. The molecule has 1 aliphatic heterocycles. The molecule has 0 amide bonds. The number of fused-ring (bicyclic) bond motifs is 1. The average molecular weight is 353 g/mol. The molecule has 2 aromatic carbocycles. The lowest BCUT2D eigenvalue weighted by Gasteiger charge is -2.18. The monoisotopic (exact) mass is 353 g/mol. The van der Waals surface area contributed by atoms with Crippen LogP contribution in [0.3, 0.4) is 0 Å². The fourth-order valence-electron chi connectivity index (χ4n) is 3.36. The molecule has 1 aliphatic rings. The van der Waals surface area contributed by atoms with Gasteiger partial charge >= 0.3 is 0 Å². The van der Waals surface area contributed by atoms with Gasteiger partial charge in [-0.05, 0) is 18.1 Å². The maximum atomic E-state index is 13.2. The summed E-state index contributed by atoms with van der Waals surface area (Å²) in [4.78, 5) is 4.61. The lowest BCUT2D eigenvalue weighted by atomic mass is 10.0. The molecule has 0 aliphatic carbocycles. The Morgan fingerprint density at radius 1 is 1.04 bits per heavy atom. The van der Waals surface area contributed by atoms with E-state index in [1.807, 2.05) is 36.4 Å².